The van der Waals surface area contributed by atoms with Crippen molar-refractivity contribution in [1.29, 1.82) is 0 Å². The average molecular weight is 243 g/mol. The fraction of sp³-hybridized carbons (Fsp3) is 0.500. The number of carbonyl (C=O) groups is 1. The zero-order valence-electron chi connectivity index (χ0n) is 10.7. The van der Waals surface area contributed by atoms with Gasteiger partial charge in [-0.05, 0) is 24.0 Å². The van der Waals surface area contributed by atoms with E-state index in [1.165, 1.54) is 0 Å². The van der Waals surface area contributed by atoms with Crippen LogP contribution in [-0.4, -0.2) is 22.5 Å². The van der Waals surface area contributed by atoms with Crippen LogP contribution in [0.25, 0.3) is 0 Å². The molecule has 1 fully saturated rings. The molecule has 0 amide bonds. The van der Waals surface area contributed by atoms with E-state index in [4.69, 9.17) is 0 Å². The summed E-state index contributed by atoms with van der Waals surface area (Å²) in [5.41, 5.74) is 5.09. The number of hydrogen-bond acceptors (Lipinski definition) is 4. The highest BCUT2D eigenvalue weighted by Gasteiger charge is 2.46. The van der Waals surface area contributed by atoms with E-state index >= 15 is 0 Å². The van der Waals surface area contributed by atoms with Gasteiger partial charge in [0.1, 0.15) is 5.78 Å². The van der Waals surface area contributed by atoms with Gasteiger partial charge in [-0.3, -0.25) is 9.78 Å². The van der Waals surface area contributed by atoms with Crippen LogP contribution in [0.2, 0.25) is 0 Å². The number of fused-ring (bicyclic) bond motifs is 1. The van der Waals surface area contributed by atoms with Crippen LogP contribution in [0.15, 0.2) is 29.6 Å². The number of rotatable bonds is 1. The van der Waals surface area contributed by atoms with E-state index in [1.807, 2.05) is 12.1 Å². The van der Waals surface area contributed by atoms with E-state index in [2.05, 4.69) is 29.4 Å². The van der Waals surface area contributed by atoms with E-state index < -0.39 is 0 Å². The fourth-order valence-corrected chi connectivity index (χ4v) is 3.04. The average Bonchev–Trinajstić information content (AvgIpc) is 2.72. The summed E-state index contributed by atoms with van der Waals surface area (Å²) >= 11 is 0. The first kappa shape index (κ1) is 11.4. The number of nitrogens with one attached hydrogen (secondary N) is 1. The molecule has 1 aromatic rings. The van der Waals surface area contributed by atoms with Crippen LogP contribution < -0.4 is 5.43 Å². The molecule has 18 heavy (non-hydrogen) atoms. The van der Waals surface area contributed by atoms with Gasteiger partial charge in [0.2, 0.25) is 0 Å². The molecule has 1 aliphatic heterocycles. The maximum absolute atomic E-state index is 12.3. The van der Waals surface area contributed by atoms with Crippen LogP contribution in [0.3, 0.4) is 0 Å². The number of carbonyl (C=O) groups excluding carboxylic acids is 1. The van der Waals surface area contributed by atoms with E-state index in [0.717, 1.165) is 17.7 Å². The summed E-state index contributed by atoms with van der Waals surface area (Å²) in [4.78, 5) is 16.3. The first-order valence-corrected chi connectivity index (χ1v) is 6.33. The number of ketones is 1. The topological polar surface area (TPSA) is 54.4 Å². The molecule has 0 saturated heterocycles. The Morgan fingerprint density at radius 3 is 2.78 bits per heavy atom. The second-order valence-electron chi connectivity index (χ2n) is 5.96. The minimum absolute atomic E-state index is 0.0778. The first-order chi connectivity index (χ1) is 8.57. The van der Waals surface area contributed by atoms with Crippen molar-refractivity contribution in [2.45, 2.75) is 32.7 Å². The van der Waals surface area contributed by atoms with E-state index in [-0.39, 0.29) is 17.4 Å². The van der Waals surface area contributed by atoms with Crippen LogP contribution in [-0.2, 0) is 4.79 Å². The van der Waals surface area contributed by atoms with Crippen LogP contribution in [0.5, 0.6) is 0 Å². The number of pyridine rings is 1. The smallest absolute Gasteiger partial charge is 0.144 e. The number of hydrazone groups is 1. The maximum Gasteiger partial charge on any atom is 0.144 e. The quantitative estimate of drug-likeness (QED) is 0.817. The van der Waals surface area contributed by atoms with Crippen molar-refractivity contribution in [1.82, 2.24) is 10.4 Å². The monoisotopic (exact) mass is 243 g/mol. The molecule has 1 aliphatic carbocycles. The lowest BCUT2D eigenvalue weighted by atomic mass is 9.68. The van der Waals surface area contributed by atoms with Gasteiger partial charge in [0.15, 0.2) is 0 Å². The van der Waals surface area contributed by atoms with Crippen molar-refractivity contribution in [3.05, 3.63) is 30.1 Å². The molecule has 94 valence electrons. The van der Waals surface area contributed by atoms with Crippen molar-refractivity contribution < 1.29 is 4.79 Å². The van der Waals surface area contributed by atoms with Gasteiger partial charge in [-0.25, -0.2) is 0 Å². The van der Waals surface area contributed by atoms with Gasteiger partial charge in [-0.15, -0.1) is 0 Å². The van der Waals surface area contributed by atoms with Crippen LogP contribution in [0, 0.1) is 11.3 Å². The Hall–Kier alpha value is -1.71. The molecule has 0 spiro atoms. The van der Waals surface area contributed by atoms with Crippen molar-refractivity contribution >= 4 is 11.5 Å². The largest absolute Gasteiger partial charge is 0.306 e. The van der Waals surface area contributed by atoms with Crippen molar-refractivity contribution in [3.63, 3.8) is 0 Å². The van der Waals surface area contributed by atoms with Gasteiger partial charge in [0, 0.05) is 24.4 Å². The Morgan fingerprint density at radius 1 is 1.33 bits per heavy atom. The number of aromatic nitrogens is 1. The van der Waals surface area contributed by atoms with Crippen LogP contribution in [0.4, 0.5) is 0 Å². The SMILES string of the molecule is CC1(C)CC(=O)[C@H]2C(c3ccncc3)=NN[C@@H]2C1. The summed E-state index contributed by atoms with van der Waals surface area (Å²) in [5.74, 6) is 0.220. The van der Waals surface area contributed by atoms with Crippen molar-refractivity contribution in [3.8, 4) is 0 Å². The molecule has 4 heteroatoms. The predicted octanol–water partition coefficient (Wildman–Crippen LogP) is 1.76. The van der Waals surface area contributed by atoms with E-state index in [9.17, 15) is 4.79 Å². The van der Waals surface area contributed by atoms with Crippen LogP contribution in [0.1, 0.15) is 32.3 Å². The summed E-state index contributed by atoms with van der Waals surface area (Å²) in [6, 6.07) is 3.98. The molecule has 4 nitrogen and oxygen atoms in total. The van der Waals surface area contributed by atoms with Gasteiger partial charge in [0.05, 0.1) is 17.7 Å². The molecule has 0 aromatic carbocycles. The highest BCUT2D eigenvalue weighted by atomic mass is 16.1. The second kappa shape index (κ2) is 3.90. The molecule has 1 saturated carbocycles. The zero-order valence-corrected chi connectivity index (χ0v) is 10.7. The molecule has 2 atom stereocenters. The third kappa shape index (κ3) is 1.82. The lowest BCUT2D eigenvalue weighted by Crippen LogP contribution is -2.45. The molecule has 0 unspecified atom stereocenters. The predicted molar refractivity (Wildman–Crippen MR) is 69.2 cm³/mol. The minimum Gasteiger partial charge on any atom is -0.306 e. The van der Waals surface area contributed by atoms with E-state index in [0.29, 0.717) is 12.2 Å². The van der Waals surface area contributed by atoms with Gasteiger partial charge < -0.3 is 5.43 Å². The van der Waals surface area contributed by atoms with Crippen LogP contribution >= 0.6 is 0 Å². The molecular weight excluding hydrogens is 226 g/mol. The molecule has 1 N–H and O–H groups in total. The van der Waals surface area contributed by atoms with E-state index in [1.54, 1.807) is 12.4 Å². The fourth-order valence-electron chi connectivity index (χ4n) is 3.04. The first-order valence-electron chi connectivity index (χ1n) is 6.33. The Kier molecular flexibility index (Phi) is 2.47. The summed E-state index contributed by atoms with van der Waals surface area (Å²) in [6.07, 6.45) is 5.10. The van der Waals surface area contributed by atoms with Gasteiger partial charge >= 0.3 is 0 Å². The van der Waals surface area contributed by atoms with Crippen molar-refractivity contribution in [2.75, 3.05) is 0 Å². The maximum atomic E-state index is 12.3. The molecule has 3 rings (SSSR count). The summed E-state index contributed by atoms with van der Waals surface area (Å²) < 4.78 is 0. The lowest BCUT2D eigenvalue weighted by Gasteiger charge is -2.36. The lowest BCUT2D eigenvalue weighted by molar-refractivity contribution is -0.126. The highest BCUT2D eigenvalue weighted by Crippen LogP contribution is 2.39. The Labute approximate surface area is 107 Å². The van der Waals surface area contributed by atoms with Crippen molar-refractivity contribution in [2.24, 2.45) is 16.4 Å². The molecule has 1 aromatic heterocycles. The summed E-state index contributed by atoms with van der Waals surface area (Å²) in [7, 11) is 0. The summed E-state index contributed by atoms with van der Waals surface area (Å²) in [5, 5.41) is 4.38. The normalized spacial score (nSPS) is 29.4. The standard InChI is InChI=1S/C14H17N3O/c1-14(2)7-10-12(11(18)8-14)13(17-16-10)9-3-5-15-6-4-9/h3-6,10,12,16H,7-8H2,1-2H3/t10-,12+/m1/s1. The Balaban J connectivity index is 1.91. The molecule has 2 aliphatic rings. The third-order valence-electron chi connectivity index (χ3n) is 3.80. The van der Waals surface area contributed by atoms with Gasteiger partial charge in [0.25, 0.3) is 0 Å². The molecular formula is C14H17N3O. The summed E-state index contributed by atoms with van der Waals surface area (Å²) in [6.45, 7) is 4.29. The molecule has 0 radical (unpaired) electrons. The molecule has 2 heterocycles. The number of hydrogen-bond donors (Lipinski definition) is 1. The number of Topliss-reactive ketones (excluding diaryl/α,β-unsaturated/α-hetero) is 1. The van der Waals surface area contributed by atoms with Gasteiger partial charge in [-0.2, -0.15) is 5.10 Å². The second-order valence-corrected chi connectivity index (χ2v) is 5.96. The minimum atomic E-state index is -0.0829. The third-order valence-corrected chi connectivity index (χ3v) is 3.80. The molecule has 0 bridgehead atoms. The Morgan fingerprint density at radius 2 is 2.06 bits per heavy atom. The highest BCUT2D eigenvalue weighted by molar-refractivity contribution is 6.15. The number of nitrogens with zero attached hydrogens (tertiary/aromatic N) is 2. The zero-order chi connectivity index (χ0) is 12.8. The van der Waals surface area contributed by atoms with Gasteiger partial charge in [-0.1, -0.05) is 13.8 Å². The Bertz CT molecular complexity index is 507.